The zero-order valence-corrected chi connectivity index (χ0v) is 19.0. The largest absolute Gasteiger partial charge is 0.484 e. The molecule has 32 heavy (non-hydrogen) atoms. The van der Waals surface area contributed by atoms with Gasteiger partial charge in [-0.2, -0.15) is 4.31 Å². The number of halogens is 1. The van der Waals surface area contributed by atoms with E-state index in [1.807, 2.05) is 31.2 Å². The topological polar surface area (TPSA) is 76.2 Å². The van der Waals surface area contributed by atoms with Gasteiger partial charge in [-0.3, -0.25) is 4.79 Å². The van der Waals surface area contributed by atoms with E-state index in [0.29, 0.717) is 31.7 Å². The molecule has 172 valence electrons. The molecule has 2 fully saturated rings. The molecule has 2 aliphatic rings. The number of benzene rings is 2. The number of likely N-dealkylation sites (tertiary alicyclic amines) is 1. The lowest BCUT2D eigenvalue weighted by Gasteiger charge is -2.42. The van der Waals surface area contributed by atoms with Gasteiger partial charge in [-0.05, 0) is 49.7 Å². The first-order valence-electron chi connectivity index (χ1n) is 10.6. The molecule has 2 aromatic carbocycles. The molecule has 1 spiro atoms. The van der Waals surface area contributed by atoms with Gasteiger partial charge in [0.05, 0.1) is 11.5 Å². The van der Waals surface area contributed by atoms with Crippen LogP contribution >= 0.6 is 0 Å². The zero-order valence-electron chi connectivity index (χ0n) is 18.2. The van der Waals surface area contributed by atoms with E-state index in [4.69, 9.17) is 9.47 Å². The van der Waals surface area contributed by atoms with E-state index in [1.165, 1.54) is 29.4 Å². The Morgan fingerprint density at radius 2 is 1.78 bits per heavy atom. The van der Waals surface area contributed by atoms with Crippen LogP contribution in [0.3, 0.4) is 0 Å². The van der Waals surface area contributed by atoms with Gasteiger partial charge in [0.2, 0.25) is 10.0 Å². The smallest absolute Gasteiger partial charge is 0.260 e. The predicted molar refractivity (Wildman–Crippen MR) is 116 cm³/mol. The van der Waals surface area contributed by atoms with Crippen molar-refractivity contribution in [3.05, 3.63) is 59.4 Å². The summed E-state index contributed by atoms with van der Waals surface area (Å²) in [6, 6.07) is 11.3. The lowest BCUT2D eigenvalue weighted by Crippen LogP contribution is -2.56. The van der Waals surface area contributed by atoms with Crippen molar-refractivity contribution >= 4 is 15.9 Å². The van der Waals surface area contributed by atoms with E-state index in [9.17, 15) is 17.6 Å². The van der Waals surface area contributed by atoms with Crippen LogP contribution in [0.25, 0.3) is 0 Å². The first kappa shape index (κ1) is 22.7. The number of piperidine rings is 1. The molecule has 0 saturated carbocycles. The van der Waals surface area contributed by atoms with Crippen LogP contribution in [-0.2, 0) is 19.6 Å². The number of carbonyl (C=O) groups is 1. The molecule has 0 radical (unpaired) electrons. The van der Waals surface area contributed by atoms with Gasteiger partial charge in [-0.25, -0.2) is 12.8 Å². The highest BCUT2D eigenvalue weighted by atomic mass is 32.2. The highest BCUT2D eigenvalue weighted by Crippen LogP contribution is 2.38. The van der Waals surface area contributed by atoms with Crippen LogP contribution in [0.5, 0.6) is 5.75 Å². The number of rotatable bonds is 5. The van der Waals surface area contributed by atoms with Gasteiger partial charge in [-0.15, -0.1) is 0 Å². The Bertz CT molecular complexity index is 1100. The standard InChI is InChI=1S/C23H27FN2O5S/c1-17-3-5-19(6-4-17)30-16-22(27)25-11-9-23(10-12-25)26(13-14-31-23)32(28,29)20-7-8-21(24)18(2)15-20/h3-8,15H,9-14,16H2,1-2H3. The van der Waals surface area contributed by atoms with Crippen LogP contribution in [0.15, 0.2) is 47.4 Å². The quantitative estimate of drug-likeness (QED) is 0.683. The third-order valence-corrected chi connectivity index (χ3v) is 8.06. The van der Waals surface area contributed by atoms with E-state index in [0.717, 1.165) is 5.56 Å². The molecule has 0 atom stereocenters. The maximum absolute atomic E-state index is 13.6. The van der Waals surface area contributed by atoms with Crippen molar-refractivity contribution in [2.45, 2.75) is 37.3 Å². The van der Waals surface area contributed by atoms with Crippen LogP contribution in [-0.4, -0.2) is 62.1 Å². The van der Waals surface area contributed by atoms with Crippen molar-refractivity contribution in [1.29, 1.82) is 0 Å². The second-order valence-corrected chi connectivity index (χ2v) is 10.1. The molecule has 0 aromatic heterocycles. The van der Waals surface area contributed by atoms with Crippen LogP contribution in [0.4, 0.5) is 4.39 Å². The molecule has 2 aliphatic heterocycles. The van der Waals surface area contributed by atoms with Crippen molar-refractivity contribution < 1.29 is 27.1 Å². The first-order chi connectivity index (χ1) is 15.2. The van der Waals surface area contributed by atoms with Crippen molar-refractivity contribution in [1.82, 2.24) is 9.21 Å². The molecule has 9 heteroatoms. The molecule has 2 aromatic rings. The van der Waals surface area contributed by atoms with Gasteiger partial charge in [0.1, 0.15) is 17.3 Å². The molecule has 2 heterocycles. The van der Waals surface area contributed by atoms with Crippen molar-refractivity contribution in [3.63, 3.8) is 0 Å². The molecular formula is C23H27FN2O5S. The fourth-order valence-corrected chi connectivity index (χ4v) is 6.02. The highest BCUT2D eigenvalue weighted by molar-refractivity contribution is 7.89. The van der Waals surface area contributed by atoms with Gasteiger partial charge in [0.15, 0.2) is 6.61 Å². The maximum Gasteiger partial charge on any atom is 0.260 e. The maximum atomic E-state index is 13.6. The van der Waals surface area contributed by atoms with E-state index in [1.54, 1.807) is 4.90 Å². The number of amides is 1. The Hall–Kier alpha value is -2.49. The highest BCUT2D eigenvalue weighted by Gasteiger charge is 2.51. The normalized spacial score (nSPS) is 18.8. The Balaban J connectivity index is 1.41. The van der Waals surface area contributed by atoms with E-state index >= 15 is 0 Å². The van der Waals surface area contributed by atoms with Gasteiger partial charge in [0.25, 0.3) is 5.91 Å². The van der Waals surface area contributed by atoms with Gasteiger partial charge >= 0.3 is 0 Å². The average Bonchev–Trinajstić information content (AvgIpc) is 3.19. The second-order valence-electron chi connectivity index (χ2n) is 8.27. The van der Waals surface area contributed by atoms with Gasteiger partial charge in [-0.1, -0.05) is 17.7 Å². The van der Waals surface area contributed by atoms with Crippen LogP contribution in [0, 0.1) is 19.7 Å². The molecule has 7 nitrogen and oxygen atoms in total. The van der Waals surface area contributed by atoms with Crippen LogP contribution in [0.2, 0.25) is 0 Å². The molecule has 0 unspecified atom stereocenters. The third-order valence-electron chi connectivity index (χ3n) is 6.12. The van der Waals surface area contributed by atoms with Crippen molar-refractivity contribution in [2.24, 2.45) is 0 Å². The monoisotopic (exact) mass is 462 g/mol. The molecule has 0 bridgehead atoms. The van der Waals surface area contributed by atoms with E-state index in [2.05, 4.69) is 0 Å². The number of aryl methyl sites for hydroxylation is 2. The molecular weight excluding hydrogens is 435 g/mol. The molecule has 0 N–H and O–H groups in total. The first-order valence-corrected chi connectivity index (χ1v) is 12.1. The number of hydrogen-bond donors (Lipinski definition) is 0. The van der Waals surface area contributed by atoms with Crippen LogP contribution in [0.1, 0.15) is 24.0 Å². The lowest BCUT2D eigenvalue weighted by atomic mass is 10.0. The SMILES string of the molecule is Cc1ccc(OCC(=O)N2CCC3(CC2)OCCN3S(=O)(=O)c2ccc(F)c(C)c2)cc1. The molecule has 0 aliphatic carbocycles. The van der Waals surface area contributed by atoms with Gasteiger partial charge < -0.3 is 14.4 Å². The van der Waals surface area contributed by atoms with Crippen molar-refractivity contribution in [3.8, 4) is 5.75 Å². The third kappa shape index (κ3) is 4.37. The average molecular weight is 463 g/mol. The summed E-state index contributed by atoms with van der Waals surface area (Å²) >= 11 is 0. The van der Waals surface area contributed by atoms with E-state index in [-0.39, 0.29) is 36.1 Å². The summed E-state index contributed by atoms with van der Waals surface area (Å²) < 4.78 is 53.1. The summed E-state index contributed by atoms with van der Waals surface area (Å²) in [5.41, 5.74) is 0.390. The second kappa shape index (κ2) is 8.80. The minimum absolute atomic E-state index is 0.0475. The summed E-state index contributed by atoms with van der Waals surface area (Å²) in [5.74, 6) is 0.0291. The van der Waals surface area contributed by atoms with Crippen LogP contribution < -0.4 is 4.74 Å². The number of hydrogen-bond acceptors (Lipinski definition) is 5. The number of sulfonamides is 1. The molecule has 2 saturated heterocycles. The van der Waals surface area contributed by atoms with E-state index < -0.39 is 21.6 Å². The minimum atomic E-state index is -3.86. The van der Waals surface area contributed by atoms with Crippen molar-refractivity contribution in [2.75, 3.05) is 32.8 Å². The summed E-state index contributed by atoms with van der Waals surface area (Å²) in [6.45, 7) is 4.67. The predicted octanol–water partition coefficient (Wildman–Crippen LogP) is 2.86. The molecule has 4 rings (SSSR count). The number of nitrogens with zero attached hydrogens (tertiary/aromatic N) is 2. The summed E-state index contributed by atoms with van der Waals surface area (Å²) in [7, 11) is -3.86. The molecule has 1 amide bonds. The minimum Gasteiger partial charge on any atom is -0.484 e. The Morgan fingerprint density at radius 3 is 2.44 bits per heavy atom. The Morgan fingerprint density at radius 1 is 1.09 bits per heavy atom. The fraction of sp³-hybridized carbons (Fsp3) is 0.435. The fourth-order valence-electron chi connectivity index (χ4n) is 4.21. The zero-order chi connectivity index (χ0) is 22.9. The Kier molecular flexibility index (Phi) is 6.24. The number of ether oxygens (including phenoxy) is 2. The lowest BCUT2D eigenvalue weighted by molar-refractivity contribution is -0.142. The summed E-state index contributed by atoms with van der Waals surface area (Å²) in [6.07, 6.45) is 0.728. The number of carbonyl (C=O) groups excluding carboxylic acids is 1. The Labute approximate surface area is 187 Å². The summed E-state index contributed by atoms with van der Waals surface area (Å²) in [5, 5.41) is 0. The van der Waals surface area contributed by atoms with Gasteiger partial charge in [0, 0.05) is 32.5 Å². The summed E-state index contributed by atoms with van der Waals surface area (Å²) in [4.78, 5) is 14.3.